The summed E-state index contributed by atoms with van der Waals surface area (Å²) < 4.78 is 5.21. The Hall–Kier alpha value is -3.93. The third kappa shape index (κ3) is 4.52. The number of hydrogen-bond acceptors (Lipinski definition) is 7. The molecule has 0 saturated heterocycles. The van der Waals surface area contributed by atoms with Crippen molar-refractivity contribution in [3.05, 3.63) is 63.7 Å². The van der Waals surface area contributed by atoms with Crippen LogP contribution in [-0.4, -0.2) is 23.7 Å². The second-order valence-corrected chi connectivity index (χ2v) is 4.64. The number of nitro benzene ring substituents is 1. The minimum atomic E-state index is -0.801. The van der Waals surface area contributed by atoms with Crippen LogP contribution >= 0.6 is 0 Å². The SMILES string of the molecule is N#Cc1ccccc1OCC(=O)N/N=C\c1cccc([N+](=O)[O-])c1[O-]. The molecule has 0 atom stereocenters. The highest BCUT2D eigenvalue weighted by atomic mass is 16.6. The predicted octanol–water partition coefficient (Wildman–Crippen LogP) is 1.07. The highest BCUT2D eigenvalue weighted by Gasteiger charge is 2.08. The summed E-state index contributed by atoms with van der Waals surface area (Å²) in [6.07, 6.45) is 1.01. The number of hydrazone groups is 1. The van der Waals surface area contributed by atoms with Gasteiger partial charge in [0.05, 0.1) is 16.7 Å². The van der Waals surface area contributed by atoms with Gasteiger partial charge in [-0.25, -0.2) is 5.43 Å². The van der Waals surface area contributed by atoms with Crippen LogP contribution < -0.4 is 15.3 Å². The molecule has 0 saturated carbocycles. The molecule has 25 heavy (non-hydrogen) atoms. The number of para-hydroxylation sites is 2. The molecule has 0 radical (unpaired) electrons. The van der Waals surface area contributed by atoms with E-state index in [0.717, 1.165) is 12.3 Å². The summed E-state index contributed by atoms with van der Waals surface area (Å²) in [6, 6.07) is 12.1. The molecular weight excluding hydrogens is 328 g/mol. The first-order valence-electron chi connectivity index (χ1n) is 6.91. The molecule has 0 bridgehead atoms. The molecule has 0 aliphatic carbocycles. The number of nitrogens with one attached hydrogen (secondary N) is 1. The molecule has 0 aromatic heterocycles. The van der Waals surface area contributed by atoms with Crippen molar-refractivity contribution in [3.8, 4) is 17.6 Å². The van der Waals surface area contributed by atoms with Crippen LogP contribution in [0.5, 0.6) is 11.5 Å². The molecule has 2 aromatic rings. The minimum absolute atomic E-state index is 0.0368. The van der Waals surface area contributed by atoms with E-state index in [0.29, 0.717) is 0 Å². The van der Waals surface area contributed by atoms with Crippen molar-refractivity contribution in [2.24, 2.45) is 5.10 Å². The van der Waals surface area contributed by atoms with E-state index in [9.17, 15) is 20.0 Å². The molecule has 126 valence electrons. The molecule has 2 aromatic carbocycles. The molecular formula is C16H11N4O5-. The van der Waals surface area contributed by atoms with Crippen LogP contribution in [0, 0.1) is 21.4 Å². The monoisotopic (exact) mass is 339 g/mol. The molecule has 0 spiro atoms. The largest absolute Gasteiger partial charge is 0.867 e. The number of rotatable bonds is 6. The minimum Gasteiger partial charge on any atom is -0.867 e. The van der Waals surface area contributed by atoms with Crippen molar-refractivity contribution in [1.29, 1.82) is 5.26 Å². The van der Waals surface area contributed by atoms with Gasteiger partial charge in [-0.2, -0.15) is 10.4 Å². The Morgan fingerprint density at radius 3 is 2.80 bits per heavy atom. The molecule has 0 fully saturated rings. The maximum absolute atomic E-state index is 11.8. The first-order chi connectivity index (χ1) is 12.0. The number of benzene rings is 2. The Kier molecular flexibility index (Phi) is 5.63. The van der Waals surface area contributed by atoms with Crippen molar-refractivity contribution >= 4 is 17.8 Å². The van der Waals surface area contributed by atoms with Gasteiger partial charge in [0.2, 0.25) is 0 Å². The second-order valence-electron chi connectivity index (χ2n) is 4.64. The third-order valence-electron chi connectivity index (χ3n) is 2.98. The van der Waals surface area contributed by atoms with Gasteiger partial charge in [-0.15, -0.1) is 0 Å². The molecule has 0 heterocycles. The van der Waals surface area contributed by atoms with Crippen LogP contribution in [0.2, 0.25) is 0 Å². The number of amides is 1. The Balaban J connectivity index is 1.94. The standard InChI is InChI=1S/C16H12N4O5/c17-8-11-4-1-2-7-14(11)25-10-15(21)19-18-9-12-5-3-6-13(16(12)22)20(23)24/h1-7,9,22H,10H2,(H,19,21)/p-1/b18-9-. The second kappa shape index (κ2) is 8.07. The molecule has 0 aliphatic rings. The molecule has 0 aliphatic heterocycles. The lowest BCUT2D eigenvalue weighted by Crippen LogP contribution is -2.24. The first-order valence-corrected chi connectivity index (χ1v) is 6.91. The smallest absolute Gasteiger partial charge is 0.277 e. The van der Waals surface area contributed by atoms with E-state index in [-0.39, 0.29) is 16.9 Å². The van der Waals surface area contributed by atoms with Gasteiger partial charge in [-0.1, -0.05) is 24.3 Å². The van der Waals surface area contributed by atoms with Crippen LogP contribution in [0.3, 0.4) is 0 Å². The summed E-state index contributed by atoms with van der Waals surface area (Å²) in [4.78, 5) is 21.5. The summed E-state index contributed by atoms with van der Waals surface area (Å²) in [5.74, 6) is -1.17. The van der Waals surface area contributed by atoms with Gasteiger partial charge in [0, 0.05) is 6.07 Å². The van der Waals surface area contributed by atoms with E-state index in [1.54, 1.807) is 24.3 Å². The number of carbonyl (C=O) groups excluding carboxylic acids is 1. The molecule has 2 rings (SSSR count). The maximum Gasteiger partial charge on any atom is 0.277 e. The first kappa shape index (κ1) is 17.4. The van der Waals surface area contributed by atoms with Crippen LogP contribution in [-0.2, 0) is 4.79 Å². The number of hydrogen-bond donors (Lipinski definition) is 1. The lowest BCUT2D eigenvalue weighted by molar-refractivity contribution is -0.398. The molecule has 0 unspecified atom stereocenters. The Labute approximate surface area is 141 Å². The van der Waals surface area contributed by atoms with E-state index in [4.69, 9.17) is 10.00 Å². The zero-order valence-electron chi connectivity index (χ0n) is 12.7. The summed E-state index contributed by atoms with van der Waals surface area (Å²) in [6.45, 7) is -0.394. The highest BCUT2D eigenvalue weighted by Crippen LogP contribution is 2.25. The van der Waals surface area contributed by atoms with Crippen molar-refractivity contribution in [1.82, 2.24) is 5.43 Å². The van der Waals surface area contributed by atoms with Gasteiger partial charge in [-0.05, 0) is 23.4 Å². The van der Waals surface area contributed by atoms with Gasteiger partial charge in [-0.3, -0.25) is 14.9 Å². The molecule has 9 nitrogen and oxygen atoms in total. The van der Waals surface area contributed by atoms with Crippen LogP contribution in [0.15, 0.2) is 47.6 Å². The van der Waals surface area contributed by atoms with Crippen LogP contribution in [0.25, 0.3) is 0 Å². The topological polar surface area (TPSA) is 141 Å². The number of nitriles is 1. The van der Waals surface area contributed by atoms with Crippen LogP contribution in [0.1, 0.15) is 11.1 Å². The number of nitro groups is 1. The number of ether oxygens (including phenoxy) is 1. The summed E-state index contributed by atoms with van der Waals surface area (Å²) in [5.41, 5.74) is 1.80. The summed E-state index contributed by atoms with van der Waals surface area (Å²) >= 11 is 0. The van der Waals surface area contributed by atoms with Gasteiger partial charge in [0.25, 0.3) is 11.6 Å². The van der Waals surface area contributed by atoms with Crippen molar-refractivity contribution in [2.45, 2.75) is 0 Å². The van der Waals surface area contributed by atoms with Crippen molar-refractivity contribution in [2.75, 3.05) is 6.61 Å². The van der Waals surface area contributed by atoms with Gasteiger partial charge in [0.15, 0.2) is 6.61 Å². The Morgan fingerprint density at radius 2 is 2.08 bits per heavy atom. The number of carbonyl (C=O) groups is 1. The predicted molar refractivity (Wildman–Crippen MR) is 84.9 cm³/mol. The maximum atomic E-state index is 11.8. The summed E-state index contributed by atoms with van der Waals surface area (Å²) in [5, 5.41) is 34.9. The zero-order chi connectivity index (χ0) is 18.2. The Morgan fingerprint density at radius 1 is 1.32 bits per heavy atom. The van der Waals surface area contributed by atoms with Gasteiger partial charge < -0.3 is 9.84 Å². The third-order valence-corrected chi connectivity index (χ3v) is 2.98. The average Bonchev–Trinajstić information content (AvgIpc) is 2.61. The van der Waals surface area contributed by atoms with E-state index in [2.05, 4.69) is 10.5 Å². The van der Waals surface area contributed by atoms with E-state index in [1.165, 1.54) is 12.1 Å². The molecule has 9 heteroatoms. The Bertz CT molecular complexity index is 873. The van der Waals surface area contributed by atoms with Crippen molar-refractivity contribution in [3.63, 3.8) is 0 Å². The quantitative estimate of drug-likeness (QED) is 0.474. The van der Waals surface area contributed by atoms with Crippen molar-refractivity contribution < 1.29 is 19.6 Å². The molecule has 1 N–H and O–H groups in total. The highest BCUT2D eigenvalue weighted by molar-refractivity contribution is 5.86. The lowest BCUT2D eigenvalue weighted by atomic mass is 10.2. The van der Waals surface area contributed by atoms with Gasteiger partial charge >= 0.3 is 0 Å². The zero-order valence-corrected chi connectivity index (χ0v) is 12.7. The molecule has 1 amide bonds. The lowest BCUT2D eigenvalue weighted by Gasteiger charge is -2.09. The average molecular weight is 339 g/mol. The van der Waals surface area contributed by atoms with Crippen LogP contribution in [0.4, 0.5) is 5.69 Å². The van der Waals surface area contributed by atoms with E-state index < -0.39 is 28.9 Å². The fourth-order valence-corrected chi connectivity index (χ4v) is 1.82. The van der Waals surface area contributed by atoms with E-state index in [1.807, 2.05) is 6.07 Å². The van der Waals surface area contributed by atoms with Gasteiger partial charge in [0.1, 0.15) is 11.8 Å². The van der Waals surface area contributed by atoms with E-state index >= 15 is 0 Å². The fraction of sp³-hybridized carbons (Fsp3) is 0.0625. The normalized spacial score (nSPS) is 10.2. The fourth-order valence-electron chi connectivity index (χ4n) is 1.82. The number of nitrogens with zero attached hydrogens (tertiary/aromatic N) is 3. The summed E-state index contributed by atoms with van der Waals surface area (Å²) in [7, 11) is 0.